The van der Waals surface area contributed by atoms with Crippen LogP contribution < -0.4 is 5.46 Å². The summed E-state index contributed by atoms with van der Waals surface area (Å²) >= 11 is 12.1. The van der Waals surface area contributed by atoms with E-state index in [-0.39, 0.29) is 18.3 Å². The van der Waals surface area contributed by atoms with Gasteiger partial charge in [-0.3, -0.25) is 0 Å². The van der Waals surface area contributed by atoms with E-state index >= 15 is 0 Å². The summed E-state index contributed by atoms with van der Waals surface area (Å²) in [7, 11) is -0.338. The minimum absolute atomic E-state index is 0.331. The first-order chi connectivity index (χ1) is 11.7. The number of hydrogen-bond acceptors (Lipinski definition) is 2. The maximum absolute atomic E-state index is 6.08. The summed E-state index contributed by atoms with van der Waals surface area (Å²) < 4.78 is 12.2. The van der Waals surface area contributed by atoms with E-state index in [9.17, 15) is 0 Å². The van der Waals surface area contributed by atoms with E-state index in [0.29, 0.717) is 10.0 Å². The average Bonchev–Trinajstić information content (AvgIpc) is 2.73. The first-order valence-corrected chi connectivity index (χ1v) is 9.02. The third-order valence-corrected chi connectivity index (χ3v) is 5.25. The predicted molar refractivity (Wildman–Crippen MR) is 108 cm³/mol. The monoisotopic (exact) mass is 374 g/mol. The van der Waals surface area contributed by atoms with Crippen LogP contribution in [0.15, 0.2) is 42.5 Å². The second-order valence-corrected chi connectivity index (χ2v) is 8.16. The van der Waals surface area contributed by atoms with Crippen molar-refractivity contribution in [3.05, 3.63) is 63.6 Å². The van der Waals surface area contributed by atoms with Crippen LogP contribution in [-0.4, -0.2) is 18.3 Å². The molecule has 2 nitrogen and oxygen atoms in total. The molecule has 1 heterocycles. The highest BCUT2D eigenvalue weighted by atomic mass is 35.5. The maximum Gasteiger partial charge on any atom is 0.494 e. The van der Waals surface area contributed by atoms with Gasteiger partial charge in [0.15, 0.2) is 0 Å². The Morgan fingerprint density at radius 3 is 1.76 bits per heavy atom. The molecule has 0 aliphatic carbocycles. The molecule has 25 heavy (non-hydrogen) atoms. The molecule has 1 aliphatic rings. The molecule has 2 aromatic rings. The molecular formula is C20H21BCl2O2. The minimum Gasteiger partial charge on any atom is -0.399 e. The van der Waals surface area contributed by atoms with E-state index in [0.717, 1.165) is 16.6 Å². The van der Waals surface area contributed by atoms with Crippen LogP contribution in [0.4, 0.5) is 0 Å². The van der Waals surface area contributed by atoms with Crippen LogP contribution in [0, 0.1) is 0 Å². The molecule has 1 saturated heterocycles. The summed E-state index contributed by atoms with van der Waals surface area (Å²) in [6.45, 7) is 8.22. The topological polar surface area (TPSA) is 18.5 Å². The van der Waals surface area contributed by atoms with Crippen molar-refractivity contribution < 1.29 is 9.31 Å². The van der Waals surface area contributed by atoms with Crippen LogP contribution >= 0.6 is 23.2 Å². The number of halogens is 2. The molecule has 0 radical (unpaired) electrons. The molecule has 2 aromatic carbocycles. The maximum atomic E-state index is 6.08. The molecule has 0 N–H and O–H groups in total. The normalized spacial score (nSPS) is 18.9. The van der Waals surface area contributed by atoms with Gasteiger partial charge in [0.2, 0.25) is 0 Å². The highest BCUT2D eigenvalue weighted by molar-refractivity contribution is 6.62. The van der Waals surface area contributed by atoms with E-state index in [2.05, 4.69) is 27.7 Å². The van der Waals surface area contributed by atoms with Crippen molar-refractivity contribution in [3.8, 4) is 0 Å². The lowest BCUT2D eigenvalue weighted by Gasteiger charge is -2.32. The van der Waals surface area contributed by atoms with Crippen molar-refractivity contribution in [2.24, 2.45) is 0 Å². The van der Waals surface area contributed by atoms with Crippen molar-refractivity contribution in [2.45, 2.75) is 38.9 Å². The van der Waals surface area contributed by atoms with Crippen LogP contribution in [0.5, 0.6) is 0 Å². The van der Waals surface area contributed by atoms with E-state index < -0.39 is 0 Å². The first kappa shape index (κ1) is 18.5. The van der Waals surface area contributed by atoms with Gasteiger partial charge in [0, 0.05) is 10.0 Å². The van der Waals surface area contributed by atoms with Crippen LogP contribution in [0.3, 0.4) is 0 Å². The largest absolute Gasteiger partial charge is 0.494 e. The fourth-order valence-electron chi connectivity index (χ4n) is 2.61. The smallest absolute Gasteiger partial charge is 0.399 e. The number of hydrogen-bond donors (Lipinski definition) is 0. The summed E-state index contributed by atoms with van der Waals surface area (Å²) in [6, 6.07) is 13.6. The zero-order valence-corrected chi connectivity index (χ0v) is 16.4. The SMILES string of the molecule is CC1(C)OB(c2ccc(C=Cc3cc(Cl)cc(Cl)c3)cc2)OC1(C)C. The Bertz CT molecular complexity index is 762. The molecule has 130 valence electrons. The molecule has 1 fully saturated rings. The van der Waals surface area contributed by atoms with Gasteiger partial charge in [-0.2, -0.15) is 0 Å². The Balaban J connectivity index is 1.74. The standard InChI is InChI=1S/C20H21BCl2O2/c1-19(2)20(3,4)25-21(24-19)16-9-7-14(8-10-16)5-6-15-11-17(22)13-18(23)12-15/h5-13H,1-4H3. The van der Waals surface area contributed by atoms with Gasteiger partial charge in [0.05, 0.1) is 11.2 Å². The van der Waals surface area contributed by atoms with Crippen molar-refractivity contribution in [1.82, 2.24) is 0 Å². The lowest BCUT2D eigenvalue weighted by atomic mass is 9.79. The highest BCUT2D eigenvalue weighted by Gasteiger charge is 2.51. The average molecular weight is 375 g/mol. The molecule has 0 saturated carbocycles. The Labute approximate surface area is 159 Å². The summed E-state index contributed by atoms with van der Waals surface area (Å²) in [4.78, 5) is 0. The molecular weight excluding hydrogens is 354 g/mol. The molecule has 5 heteroatoms. The van der Waals surface area contributed by atoms with Crippen LogP contribution in [0.2, 0.25) is 10.0 Å². The van der Waals surface area contributed by atoms with Gasteiger partial charge >= 0.3 is 7.12 Å². The second kappa shape index (κ2) is 6.81. The zero-order valence-electron chi connectivity index (χ0n) is 14.8. The van der Waals surface area contributed by atoms with Gasteiger partial charge in [0.1, 0.15) is 0 Å². The number of benzene rings is 2. The van der Waals surface area contributed by atoms with Crippen LogP contribution in [0.1, 0.15) is 38.8 Å². The summed E-state index contributed by atoms with van der Waals surface area (Å²) in [6.07, 6.45) is 4.01. The Kier molecular flexibility index (Phi) is 5.05. The van der Waals surface area contributed by atoms with Crippen molar-refractivity contribution in [3.63, 3.8) is 0 Å². The second-order valence-electron chi connectivity index (χ2n) is 7.29. The van der Waals surface area contributed by atoms with Gasteiger partial charge in [-0.1, -0.05) is 59.6 Å². The first-order valence-electron chi connectivity index (χ1n) is 8.26. The summed E-state index contributed by atoms with van der Waals surface area (Å²) in [5.74, 6) is 0. The molecule has 0 bridgehead atoms. The van der Waals surface area contributed by atoms with E-state index in [4.69, 9.17) is 32.5 Å². The summed E-state index contributed by atoms with van der Waals surface area (Å²) in [5, 5.41) is 1.26. The van der Waals surface area contributed by atoms with Crippen LogP contribution in [0.25, 0.3) is 12.2 Å². The van der Waals surface area contributed by atoms with Crippen LogP contribution in [-0.2, 0) is 9.31 Å². The van der Waals surface area contributed by atoms with Gasteiger partial charge in [-0.25, -0.2) is 0 Å². The minimum atomic E-state index is -0.338. The van der Waals surface area contributed by atoms with Gasteiger partial charge < -0.3 is 9.31 Å². The third-order valence-electron chi connectivity index (χ3n) is 4.81. The fraction of sp³-hybridized carbons (Fsp3) is 0.300. The Hall–Kier alpha value is -1.26. The van der Waals surface area contributed by atoms with Gasteiger partial charge in [-0.15, -0.1) is 0 Å². The molecule has 0 atom stereocenters. The highest BCUT2D eigenvalue weighted by Crippen LogP contribution is 2.36. The van der Waals surface area contributed by atoms with E-state index in [1.807, 2.05) is 48.6 Å². The fourth-order valence-corrected chi connectivity index (χ4v) is 3.15. The summed E-state index contributed by atoms with van der Waals surface area (Å²) in [5.41, 5.74) is 2.40. The molecule has 0 unspecified atom stereocenters. The lowest BCUT2D eigenvalue weighted by Crippen LogP contribution is -2.41. The molecule has 3 rings (SSSR count). The molecule has 0 spiro atoms. The third kappa shape index (κ3) is 4.12. The number of rotatable bonds is 3. The lowest BCUT2D eigenvalue weighted by molar-refractivity contribution is 0.00578. The Morgan fingerprint density at radius 2 is 1.24 bits per heavy atom. The van der Waals surface area contributed by atoms with Gasteiger partial charge in [0.25, 0.3) is 0 Å². The molecule has 1 aliphatic heterocycles. The zero-order chi connectivity index (χ0) is 18.2. The molecule has 0 amide bonds. The van der Waals surface area contributed by atoms with E-state index in [1.165, 1.54) is 0 Å². The van der Waals surface area contributed by atoms with Crippen molar-refractivity contribution in [2.75, 3.05) is 0 Å². The quantitative estimate of drug-likeness (QED) is 0.524. The van der Waals surface area contributed by atoms with Crippen molar-refractivity contribution in [1.29, 1.82) is 0 Å². The van der Waals surface area contributed by atoms with Gasteiger partial charge in [-0.05, 0) is 62.5 Å². The Morgan fingerprint density at radius 1 is 0.760 bits per heavy atom. The molecule has 0 aromatic heterocycles. The predicted octanol–water partition coefficient (Wildman–Crippen LogP) is 5.46. The van der Waals surface area contributed by atoms with E-state index in [1.54, 1.807) is 6.07 Å². The van der Waals surface area contributed by atoms with Crippen molar-refractivity contribution >= 4 is 47.9 Å².